The quantitative estimate of drug-likeness (QED) is 0.819. The fourth-order valence-corrected chi connectivity index (χ4v) is 3.57. The number of rotatable bonds is 7. The fraction of sp³-hybridized carbons (Fsp3) is 0.526. The number of ether oxygens (including phenoxy) is 1. The molecule has 1 atom stereocenters. The number of fused-ring (bicyclic) bond motifs is 1. The van der Waals surface area contributed by atoms with Gasteiger partial charge < -0.3 is 10.1 Å². The zero-order valence-corrected chi connectivity index (χ0v) is 15.1. The minimum Gasteiger partial charge on any atom is -0.481 e. The molecule has 1 N–H and O–H groups in total. The van der Waals surface area contributed by atoms with E-state index in [1.165, 1.54) is 12.8 Å². The number of hydrogen-bond acceptors (Lipinski definition) is 5. The molecule has 1 fully saturated rings. The van der Waals surface area contributed by atoms with E-state index in [0.29, 0.717) is 18.2 Å². The van der Waals surface area contributed by atoms with Crippen molar-refractivity contribution in [2.75, 3.05) is 20.2 Å². The van der Waals surface area contributed by atoms with Gasteiger partial charge in [0.05, 0.1) is 25.3 Å². The van der Waals surface area contributed by atoms with Crippen LogP contribution < -0.4 is 10.1 Å². The summed E-state index contributed by atoms with van der Waals surface area (Å²) in [5.74, 6) is 1.47. The van der Waals surface area contributed by atoms with Crippen LogP contribution in [0, 0.1) is 5.92 Å². The summed E-state index contributed by atoms with van der Waals surface area (Å²) in [6.45, 7) is 3.14. The monoisotopic (exact) mass is 355 g/mol. The summed E-state index contributed by atoms with van der Waals surface area (Å²) in [6.07, 6.45) is 6.50. The molecule has 0 saturated heterocycles. The maximum atomic E-state index is 12.3. The number of hydrogen-bond donors (Lipinski definition) is 1. The predicted molar refractivity (Wildman–Crippen MR) is 96.5 cm³/mol. The van der Waals surface area contributed by atoms with Gasteiger partial charge in [0.1, 0.15) is 0 Å². The molecular formula is C19H25N5O2. The highest BCUT2D eigenvalue weighted by molar-refractivity contribution is 5.76. The number of methoxy groups -OCH3 is 1. The third-order valence-corrected chi connectivity index (χ3v) is 5.10. The molecule has 0 spiro atoms. The minimum absolute atomic E-state index is 0.0515. The van der Waals surface area contributed by atoms with Gasteiger partial charge in [-0.3, -0.25) is 14.4 Å². The van der Waals surface area contributed by atoms with Crippen LogP contribution in [0.2, 0.25) is 0 Å². The van der Waals surface area contributed by atoms with Gasteiger partial charge >= 0.3 is 0 Å². The average Bonchev–Trinajstić information content (AvgIpc) is 3.36. The highest BCUT2D eigenvalue weighted by Crippen LogP contribution is 2.28. The first kappa shape index (κ1) is 17.0. The molecule has 4 rings (SSSR count). The summed E-state index contributed by atoms with van der Waals surface area (Å²) in [5, 5.41) is 7.52. The van der Waals surface area contributed by atoms with Gasteiger partial charge in [0.25, 0.3) is 0 Å². The standard InChI is InChI=1S/C19H25N5O2/c1-26-19-15(3-2-7-20-19)11-23-12-16-6-8-22-24(16)17(13-23)9-18(25)21-10-14-4-5-14/h2-3,6-8,14,17H,4-5,9-13H2,1H3,(H,21,25). The summed E-state index contributed by atoms with van der Waals surface area (Å²) in [5.41, 5.74) is 2.19. The molecule has 1 aliphatic carbocycles. The van der Waals surface area contributed by atoms with E-state index in [2.05, 4.69) is 20.3 Å². The second-order valence-corrected chi connectivity index (χ2v) is 7.21. The third kappa shape index (κ3) is 3.88. The number of carbonyl (C=O) groups excluding carboxylic acids is 1. The smallest absolute Gasteiger partial charge is 0.222 e. The Morgan fingerprint density at radius 1 is 1.35 bits per heavy atom. The summed E-state index contributed by atoms with van der Waals surface area (Å²) < 4.78 is 7.38. The molecule has 0 radical (unpaired) electrons. The Hall–Kier alpha value is -2.41. The highest BCUT2D eigenvalue weighted by atomic mass is 16.5. The van der Waals surface area contributed by atoms with E-state index in [0.717, 1.165) is 37.4 Å². The molecule has 26 heavy (non-hydrogen) atoms. The molecule has 7 heteroatoms. The molecular weight excluding hydrogens is 330 g/mol. The minimum atomic E-state index is 0.0515. The highest BCUT2D eigenvalue weighted by Gasteiger charge is 2.29. The Balaban J connectivity index is 1.44. The number of amides is 1. The van der Waals surface area contributed by atoms with Crippen LogP contribution in [-0.2, 0) is 17.9 Å². The van der Waals surface area contributed by atoms with Crippen molar-refractivity contribution in [3.63, 3.8) is 0 Å². The van der Waals surface area contributed by atoms with E-state index < -0.39 is 0 Å². The van der Waals surface area contributed by atoms with Crippen molar-refractivity contribution in [1.82, 2.24) is 25.0 Å². The van der Waals surface area contributed by atoms with Gasteiger partial charge in [0.2, 0.25) is 11.8 Å². The predicted octanol–water partition coefficient (Wildman–Crippen LogP) is 1.76. The van der Waals surface area contributed by atoms with Crippen LogP contribution >= 0.6 is 0 Å². The number of aromatic nitrogens is 3. The van der Waals surface area contributed by atoms with Crippen LogP contribution in [-0.4, -0.2) is 45.8 Å². The van der Waals surface area contributed by atoms with Crippen molar-refractivity contribution in [3.05, 3.63) is 41.9 Å². The first-order chi connectivity index (χ1) is 12.7. The summed E-state index contributed by atoms with van der Waals surface area (Å²) in [6, 6.07) is 6.04. The van der Waals surface area contributed by atoms with E-state index in [1.807, 2.05) is 29.1 Å². The number of nitrogens with zero attached hydrogens (tertiary/aromatic N) is 4. The van der Waals surface area contributed by atoms with E-state index >= 15 is 0 Å². The first-order valence-electron chi connectivity index (χ1n) is 9.22. The van der Waals surface area contributed by atoms with Gasteiger partial charge in [-0.2, -0.15) is 5.10 Å². The third-order valence-electron chi connectivity index (χ3n) is 5.10. The summed E-state index contributed by atoms with van der Waals surface area (Å²) in [7, 11) is 1.64. The number of nitrogens with one attached hydrogen (secondary N) is 1. The normalized spacial score (nSPS) is 19.8. The molecule has 2 aromatic rings. The van der Waals surface area contributed by atoms with Gasteiger partial charge in [-0.05, 0) is 30.9 Å². The maximum Gasteiger partial charge on any atom is 0.222 e. The molecule has 2 aliphatic rings. The van der Waals surface area contributed by atoms with Crippen LogP contribution in [0.4, 0.5) is 0 Å². The Morgan fingerprint density at radius 3 is 3.04 bits per heavy atom. The van der Waals surface area contributed by atoms with Crippen LogP contribution in [0.1, 0.15) is 36.6 Å². The first-order valence-corrected chi connectivity index (χ1v) is 9.22. The Kier molecular flexibility index (Phi) is 4.88. The fourth-order valence-electron chi connectivity index (χ4n) is 3.57. The largest absolute Gasteiger partial charge is 0.481 e. The maximum absolute atomic E-state index is 12.3. The van der Waals surface area contributed by atoms with Crippen molar-refractivity contribution in [3.8, 4) is 5.88 Å². The van der Waals surface area contributed by atoms with Gasteiger partial charge in [-0.15, -0.1) is 0 Å². The molecule has 0 bridgehead atoms. The van der Waals surface area contributed by atoms with E-state index in [9.17, 15) is 4.79 Å². The van der Waals surface area contributed by atoms with Crippen LogP contribution in [0.5, 0.6) is 5.88 Å². The SMILES string of the molecule is COc1ncccc1CN1Cc2ccnn2C(CC(=O)NCC2CC2)C1. The second-order valence-electron chi connectivity index (χ2n) is 7.21. The summed E-state index contributed by atoms with van der Waals surface area (Å²) >= 11 is 0. The van der Waals surface area contributed by atoms with Gasteiger partial charge in [-0.1, -0.05) is 6.07 Å². The lowest BCUT2D eigenvalue weighted by Gasteiger charge is -2.33. The van der Waals surface area contributed by atoms with Gasteiger partial charge in [-0.25, -0.2) is 4.98 Å². The lowest BCUT2D eigenvalue weighted by atomic mass is 10.1. The molecule has 138 valence electrons. The van der Waals surface area contributed by atoms with E-state index in [-0.39, 0.29) is 11.9 Å². The van der Waals surface area contributed by atoms with Crippen LogP contribution in [0.3, 0.4) is 0 Å². The van der Waals surface area contributed by atoms with Crippen molar-refractivity contribution in [2.45, 2.75) is 38.4 Å². The van der Waals surface area contributed by atoms with Crippen molar-refractivity contribution in [2.24, 2.45) is 5.92 Å². The van der Waals surface area contributed by atoms with Gasteiger partial charge in [0, 0.05) is 44.1 Å². The topological polar surface area (TPSA) is 72.3 Å². The van der Waals surface area contributed by atoms with E-state index in [1.54, 1.807) is 13.3 Å². The Morgan fingerprint density at radius 2 is 2.23 bits per heavy atom. The molecule has 3 heterocycles. The molecule has 0 aromatic carbocycles. The molecule has 2 aromatic heterocycles. The lowest BCUT2D eigenvalue weighted by molar-refractivity contribution is -0.122. The Bertz CT molecular complexity index is 771. The van der Waals surface area contributed by atoms with Crippen LogP contribution in [0.15, 0.2) is 30.6 Å². The zero-order chi connectivity index (χ0) is 17.9. The average molecular weight is 355 g/mol. The molecule has 1 amide bonds. The van der Waals surface area contributed by atoms with Crippen molar-refractivity contribution >= 4 is 5.91 Å². The van der Waals surface area contributed by atoms with E-state index in [4.69, 9.17) is 4.74 Å². The molecule has 1 aliphatic heterocycles. The molecule has 1 unspecified atom stereocenters. The lowest BCUT2D eigenvalue weighted by Crippen LogP contribution is -2.40. The van der Waals surface area contributed by atoms with Crippen molar-refractivity contribution in [1.29, 1.82) is 0 Å². The molecule has 7 nitrogen and oxygen atoms in total. The second kappa shape index (κ2) is 7.45. The number of carbonyl (C=O) groups is 1. The van der Waals surface area contributed by atoms with Crippen LogP contribution in [0.25, 0.3) is 0 Å². The molecule has 1 saturated carbocycles. The zero-order valence-electron chi connectivity index (χ0n) is 15.1. The Labute approximate surface area is 153 Å². The van der Waals surface area contributed by atoms with Gasteiger partial charge in [0.15, 0.2) is 0 Å². The summed E-state index contributed by atoms with van der Waals surface area (Å²) in [4.78, 5) is 18.9. The number of pyridine rings is 1. The van der Waals surface area contributed by atoms with Crippen molar-refractivity contribution < 1.29 is 9.53 Å².